The van der Waals surface area contributed by atoms with Crippen LogP contribution in [0.1, 0.15) is 30.2 Å². The van der Waals surface area contributed by atoms with Crippen molar-refractivity contribution in [1.82, 2.24) is 9.97 Å². The van der Waals surface area contributed by atoms with Gasteiger partial charge in [-0.1, -0.05) is 18.2 Å². The number of carbonyl (C=O) groups is 2. The summed E-state index contributed by atoms with van der Waals surface area (Å²) in [7, 11) is 0. The molecule has 0 saturated heterocycles. The van der Waals surface area contributed by atoms with Crippen molar-refractivity contribution in [3.8, 4) is 11.8 Å². The second-order valence-electron chi connectivity index (χ2n) is 6.91. The Morgan fingerprint density at radius 1 is 1.24 bits per heavy atom. The molecule has 0 amide bonds. The van der Waals surface area contributed by atoms with Crippen molar-refractivity contribution < 1.29 is 42.1 Å². The van der Waals surface area contributed by atoms with Gasteiger partial charge in [0.1, 0.15) is 19.0 Å². The number of carboxylic acid groups (broad SMARTS) is 1. The van der Waals surface area contributed by atoms with Crippen LogP contribution >= 0.6 is 0 Å². The summed E-state index contributed by atoms with van der Waals surface area (Å²) in [6, 6.07) is 6.42. The van der Waals surface area contributed by atoms with Crippen molar-refractivity contribution in [3.63, 3.8) is 0 Å². The third-order valence-electron chi connectivity index (χ3n) is 4.18. The van der Waals surface area contributed by atoms with Crippen LogP contribution in [0.4, 0.5) is 13.2 Å². The van der Waals surface area contributed by atoms with Crippen molar-refractivity contribution in [3.05, 3.63) is 59.9 Å². The first-order valence-electron chi connectivity index (χ1n) is 9.84. The van der Waals surface area contributed by atoms with Crippen LogP contribution in [0.5, 0.6) is 11.8 Å². The number of halogens is 3. The maximum atomic E-state index is 12.3. The molecule has 178 valence electrons. The monoisotopic (exact) mass is 468 g/mol. The first-order chi connectivity index (χ1) is 15.6. The van der Waals surface area contributed by atoms with Gasteiger partial charge in [0.25, 0.3) is 0 Å². The van der Waals surface area contributed by atoms with Crippen molar-refractivity contribution in [2.45, 2.75) is 45.1 Å². The highest BCUT2D eigenvalue weighted by atomic mass is 19.4. The first-order valence-corrected chi connectivity index (χ1v) is 9.84. The maximum absolute atomic E-state index is 12.3. The van der Waals surface area contributed by atoms with Crippen LogP contribution in [-0.2, 0) is 33.8 Å². The van der Waals surface area contributed by atoms with Crippen molar-refractivity contribution in [2.75, 3.05) is 6.61 Å². The van der Waals surface area contributed by atoms with Crippen LogP contribution in [0.2, 0.25) is 0 Å². The Hall–Kier alpha value is -3.63. The molecule has 11 heteroatoms. The number of esters is 1. The van der Waals surface area contributed by atoms with Crippen molar-refractivity contribution in [2.24, 2.45) is 0 Å². The van der Waals surface area contributed by atoms with E-state index in [0.29, 0.717) is 23.4 Å². The molecule has 0 aliphatic carbocycles. The molecule has 1 aromatic carbocycles. The van der Waals surface area contributed by atoms with E-state index in [0.717, 1.165) is 12.5 Å². The third kappa shape index (κ3) is 9.17. The number of nitrogens with zero attached hydrogens (tertiary/aromatic N) is 2. The Bertz CT molecular complexity index is 981. The third-order valence-corrected chi connectivity index (χ3v) is 4.18. The topological polar surface area (TPSA) is 108 Å². The predicted octanol–water partition coefficient (Wildman–Crippen LogP) is 3.67. The van der Waals surface area contributed by atoms with Crippen LogP contribution in [0.25, 0.3) is 0 Å². The van der Waals surface area contributed by atoms with Gasteiger partial charge in [0.15, 0.2) is 0 Å². The standard InChI is InChI=1S/C22H23F3N2O6/c1-3-4-15-5-6-18(16(11-15)12-19(20(29)30)33-14(2)28)32-13-17-7-9-26-21(27-17)31-10-8-22(23,24)25/h3,5-7,9,11,19H,1,4,8,10,12-13H2,2H3,(H,29,30). The highest BCUT2D eigenvalue weighted by molar-refractivity contribution is 5.77. The molecule has 8 nitrogen and oxygen atoms in total. The van der Waals surface area contributed by atoms with E-state index in [4.69, 9.17) is 14.2 Å². The lowest BCUT2D eigenvalue weighted by molar-refractivity contribution is -0.162. The number of aliphatic carboxylic acids is 1. The predicted molar refractivity (Wildman–Crippen MR) is 110 cm³/mol. The molecule has 1 N–H and O–H groups in total. The van der Waals surface area contributed by atoms with Gasteiger partial charge in [-0.25, -0.2) is 9.78 Å². The van der Waals surface area contributed by atoms with Gasteiger partial charge in [0.05, 0.1) is 12.1 Å². The van der Waals surface area contributed by atoms with Crippen molar-refractivity contribution >= 4 is 11.9 Å². The lowest BCUT2D eigenvalue weighted by Gasteiger charge is -2.17. The average molecular weight is 468 g/mol. The smallest absolute Gasteiger partial charge is 0.392 e. The molecule has 1 atom stereocenters. The molecular formula is C22H23F3N2O6. The van der Waals surface area contributed by atoms with E-state index >= 15 is 0 Å². The normalized spacial score (nSPS) is 12.0. The summed E-state index contributed by atoms with van der Waals surface area (Å²) in [6.45, 7) is 4.09. The van der Waals surface area contributed by atoms with Gasteiger partial charge in [-0.2, -0.15) is 18.2 Å². The Morgan fingerprint density at radius 2 is 2.00 bits per heavy atom. The van der Waals surface area contributed by atoms with E-state index in [1.165, 1.54) is 12.3 Å². The molecule has 0 aliphatic heterocycles. The van der Waals surface area contributed by atoms with E-state index in [-0.39, 0.29) is 19.0 Å². The molecule has 1 aromatic heterocycles. The zero-order valence-electron chi connectivity index (χ0n) is 17.8. The fourth-order valence-corrected chi connectivity index (χ4v) is 2.74. The number of hydrogen-bond acceptors (Lipinski definition) is 7. The van der Waals surface area contributed by atoms with Crippen LogP contribution in [0, 0.1) is 0 Å². The molecule has 33 heavy (non-hydrogen) atoms. The lowest BCUT2D eigenvalue weighted by atomic mass is 10.0. The van der Waals surface area contributed by atoms with Gasteiger partial charge in [-0.15, -0.1) is 6.58 Å². The molecule has 1 heterocycles. The summed E-state index contributed by atoms with van der Waals surface area (Å²) in [4.78, 5) is 30.5. The van der Waals surface area contributed by atoms with E-state index < -0.39 is 37.2 Å². The molecule has 2 aromatic rings. The Kier molecular flexibility index (Phi) is 9.19. The summed E-state index contributed by atoms with van der Waals surface area (Å²) >= 11 is 0. The molecule has 0 aliphatic rings. The van der Waals surface area contributed by atoms with Crippen LogP contribution in [0.3, 0.4) is 0 Å². The second kappa shape index (κ2) is 11.8. The second-order valence-corrected chi connectivity index (χ2v) is 6.91. The minimum atomic E-state index is -4.35. The molecule has 2 rings (SSSR count). The SMILES string of the molecule is C=CCc1ccc(OCc2ccnc(OCCC(F)(F)F)n2)c(CC(OC(C)=O)C(=O)O)c1. The molecule has 0 spiro atoms. The zero-order valence-corrected chi connectivity index (χ0v) is 17.8. The largest absolute Gasteiger partial charge is 0.487 e. The van der Waals surface area contributed by atoms with Crippen LogP contribution in [0.15, 0.2) is 43.1 Å². The molecule has 0 bridgehead atoms. The minimum Gasteiger partial charge on any atom is -0.487 e. The van der Waals surface area contributed by atoms with Gasteiger partial charge < -0.3 is 19.3 Å². The fraction of sp³-hybridized carbons (Fsp3) is 0.364. The average Bonchev–Trinajstić information content (AvgIpc) is 2.72. The molecule has 0 radical (unpaired) electrons. The van der Waals surface area contributed by atoms with Gasteiger partial charge >= 0.3 is 24.1 Å². The lowest BCUT2D eigenvalue weighted by Crippen LogP contribution is -2.28. The highest BCUT2D eigenvalue weighted by Gasteiger charge is 2.27. The summed E-state index contributed by atoms with van der Waals surface area (Å²) in [6.07, 6.45) is -3.49. The van der Waals surface area contributed by atoms with Crippen LogP contribution in [-0.4, -0.2) is 45.9 Å². The number of allylic oxidation sites excluding steroid dienone is 1. The van der Waals surface area contributed by atoms with Gasteiger partial charge in [-0.3, -0.25) is 4.79 Å². The number of hydrogen-bond donors (Lipinski definition) is 1. The molecule has 0 saturated carbocycles. The number of rotatable bonds is 12. The van der Waals surface area contributed by atoms with Crippen LogP contribution < -0.4 is 9.47 Å². The van der Waals surface area contributed by atoms with E-state index in [9.17, 15) is 27.9 Å². The molecule has 1 unspecified atom stereocenters. The van der Waals surface area contributed by atoms with Crippen molar-refractivity contribution in [1.29, 1.82) is 0 Å². The summed E-state index contributed by atoms with van der Waals surface area (Å²) in [5.41, 5.74) is 1.67. The summed E-state index contributed by atoms with van der Waals surface area (Å²) in [5, 5.41) is 9.37. The highest BCUT2D eigenvalue weighted by Crippen LogP contribution is 2.25. The van der Waals surface area contributed by atoms with E-state index in [1.54, 1.807) is 24.3 Å². The number of aromatic nitrogens is 2. The molecule has 0 fully saturated rings. The maximum Gasteiger partial charge on any atom is 0.392 e. The number of carbonyl (C=O) groups excluding carboxylic acids is 1. The Labute approximate surface area is 188 Å². The van der Waals surface area contributed by atoms with Gasteiger partial charge in [0, 0.05) is 19.5 Å². The number of ether oxygens (including phenoxy) is 3. The zero-order chi connectivity index (χ0) is 24.4. The first kappa shape index (κ1) is 25.6. The Balaban J connectivity index is 2.14. The quantitative estimate of drug-likeness (QED) is 0.371. The fourth-order valence-electron chi connectivity index (χ4n) is 2.74. The van der Waals surface area contributed by atoms with Gasteiger partial charge in [-0.05, 0) is 29.7 Å². The van der Waals surface area contributed by atoms with Gasteiger partial charge in [0.2, 0.25) is 6.10 Å². The number of alkyl halides is 3. The summed E-state index contributed by atoms with van der Waals surface area (Å²) < 4.78 is 52.4. The summed E-state index contributed by atoms with van der Waals surface area (Å²) in [5.74, 6) is -1.70. The Morgan fingerprint density at radius 3 is 2.64 bits per heavy atom. The molecular weight excluding hydrogens is 445 g/mol. The van der Waals surface area contributed by atoms with E-state index in [1.807, 2.05) is 0 Å². The number of benzene rings is 1. The number of carboxylic acids is 1. The minimum absolute atomic E-state index is 0.0861. The van der Waals surface area contributed by atoms with E-state index in [2.05, 4.69) is 16.5 Å².